The van der Waals surface area contributed by atoms with Crippen LogP contribution in [-0.4, -0.2) is 36.0 Å². The lowest BCUT2D eigenvalue weighted by Gasteiger charge is -2.14. The molecule has 0 heterocycles. The molecule has 0 fully saturated rings. The van der Waals surface area contributed by atoms with Crippen molar-refractivity contribution in [2.24, 2.45) is 0 Å². The van der Waals surface area contributed by atoms with Crippen LogP contribution in [0.3, 0.4) is 0 Å². The Morgan fingerprint density at radius 2 is 1.19 bits per heavy atom. The summed E-state index contributed by atoms with van der Waals surface area (Å²) < 4.78 is 10.3. The van der Waals surface area contributed by atoms with Crippen LogP contribution in [0.5, 0.6) is 23.0 Å². The molecule has 0 aromatic heterocycles. The number of phenolic OH excluding ortho intramolecular Hbond substituents is 2. The van der Waals surface area contributed by atoms with Crippen LogP contribution in [0.2, 0.25) is 0 Å². The van der Waals surface area contributed by atoms with Crippen LogP contribution < -0.4 is 9.47 Å². The van der Waals surface area contributed by atoms with Crippen molar-refractivity contribution >= 4 is 23.3 Å². The number of Topliss-reactive ketones (excluding diaryl/α,β-unsaturated/α-hetero) is 2. The number of carbonyl (C=O) groups is 2. The minimum atomic E-state index is -0.130. The third-order valence-corrected chi connectivity index (χ3v) is 5.12. The topological polar surface area (TPSA) is 93.1 Å². The second-order valence-electron chi connectivity index (χ2n) is 5.70. The maximum Gasteiger partial charge on any atom is 0.166 e. The van der Waals surface area contributed by atoms with Gasteiger partial charge in [0, 0.05) is 25.0 Å². The first kappa shape index (κ1) is 20.6. The van der Waals surface area contributed by atoms with E-state index in [1.54, 1.807) is 13.8 Å². The van der Waals surface area contributed by atoms with Crippen molar-refractivity contribution in [2.45, 2.75) is 36.5 Å². The van der Waals surface area contributed by atoms with E-state index in [1.807, 2.05) is 0 Å². The van der Waals surface area contributed by atoms with Crippen molar-refractivity contribution < 1.29 is 29.3 Å². The first-order valence-corrected chi connectivity index (χ1v) is 9.24. The summed E-state index contributed by atoms with van der Waals surface area (Å²) in [5.74, 6) is 0.115. The SMILES string of the molecule is CCC(=O)c1cc(Sc2cc(C(=O)CC)c(OC)cc2O)c(O)cc1OC. The third kappa shape index (κ3) is 4.36. The summed E-state index contributed by atoms with van der Waals surface area (Å²) in [6.07, 6.45) is 0.572. The fourth-order valence-electron chi connectivity index (χ4n) is 2.53. The number of ketones is 2. The maximum atomic E-state index is 12.2. The van der Waals surface area contributed by atoms with E-state index in [9.17, 15) is 19.8 Å². The van der Waals surface area contributed by atoms with Crippen LogP contribution in [0.25, 0.3) is 0 Å². The Morgan fingerprint density at radius 3 is 1.48 bits per heavy atom. The van der Waals surface area contributed by atoms with E-state index in [0.717, 1.165) is 11.8 Å². The molecule has 0 saturated carbocycles. The lowest BCUT2D eigenvalue weighted by molar-refractivity contribution is 0.0976. The molecule has 7 heteroatoms. The number of hydrogen-bond donors (Lipinski definition) is 2. The Bertz CT molecular complexity index is 804. The van der Waals surface area contributed by atoms with Gasteiger partial charge in [-0.25, -0.2) is 0 Å². The quantitative estimate of drug-likeness (QED) is 0.643. The molecule has 0 saturated heterocycles. The second kappa shape index (κ2) is 8.81. The van der Waals surface area contributed by atoms with Gasteiger partial charge >= 0.3 is 0 Å². The monoisotopic (exact) mass is 390 g/mol. The highest BCUT2D eigenvalue weighted by atomic mass is 32.2. The van der Waals surface area contributed by atoms with Crippen molar-refractivity contribution in [2.75, 3.05) is 14.2 Å². The molecule has 27 heavy (non-hydrogen) atoms. The lowest BCUT2D eigenvalue weighted by atomic mass is 10.1. The first-order valence-electron chi connectivity index (χ1n) is 8.42. The van der Waals surface area contributed by atoms with Crippen molar-refractivity contribution in [3.8, 4) is 23.0 Å². The summed E-state index contributed by atoms with van der Waals surface area (Å²) in [6, 6.07) is 5.78. The zero-order chi connectivity index (χ0) is 20.1. The van der Waals surface area contributed by atoms with Crippen LogP contribution in [0.1, 0.15) is 47.4 Å². The van der Waals surface area contributed by atoms with Crippen molar-refractivity contribution in [3.63, 3.8) is 0 Å². The number of phenols is 2. The molecule has 0 aliphatic heterocycles. The smallest absolute Gasteiger partial charge is 0.166 e. The summed E-state index contributed by atoms with van der Waals surface area (Å²) in [5, 5.41) is 20.6. The zero-order valence-electron chi connectivity index (χ0n) is 15.7. The van der Waals surface area contributed by atoms with Crippen molar-refractivity contribution in [1.29, 1.82) is 0 Å². The number of benzene rings is 2. The molecule has 2 aromatic carbocycles. The molecule has 0 amide bonds. The molecule has 2 N–H and O–H groups in total. The van der Waals surface area contributed by atoms with Gasteiger partial charge in [0.15, 0.2) is 11.6 Å². The Labute approximate surface area is 162 Å². The molecule has 0 radical (unpaired) electrons. The second-order valence-corrected chi connectivity index (χ2v) is 6.78. The van der Waals surface area contributed by atoms with Crippen molar-refractivity contribution in [1.82, 2.24) is 0 Å². The minimum absolute atomic E-state index is 0.0944. The van der Waals surface area contributed by atoms with Crippen LogP contribution in [0, 0.1) is 0 Å². The lowest BCUT2D eigenvalue weighted by Crippen LogP contribution is -2.02. The summed E-state index contributed by atoms with van der Waals surface area (Å²) in [4.78, 5) is 25.0. The molecule has 144 valence electrons. The van der Waals surface area contributed by atoms with Gasteiger partial charge in [-0.2, -0.15) is 0 Å². The van der Waals surface area contributed by atoms with Gasteiger partial charge in [-0.1, -0.05) is 25.6 Å². The van der Waals surface area contributed by atoms with E-state index in [2.05, 4.69) is 0 Å². The Hall–Kier alpha value is -2.67. The van der Waals surface area contributed by atoms with Gasteiger partial charge in [-0.15, -0.1) is 0 Å². The number of ether oxygens (including phenoxy) is 2. The van der Waals surface area contributed by atoms with E-state index in [0.29, 0.717) is 20.9 Å². The summed E-state index contributed by atoms with van der Waals surface area (Å²) >= 11 is 1.05. The molecule has 0 aliphatic carbocycles. The molecule has 0 spiro atoms. The Kier molecular flexibility index (Phi) is 6.74. The van der Waals surface area contributed by atoms with E-state index in [1.165, 1.54) is 38.5 Å². The fraction of sp³-hybridized carbons (Fsp3) is 0.300. The van der Waals surface area contributed by atoms with Gasteiger partial charge in [0.1, 0.15) is 23.0 Å². The number of rotatable bonds is 8. The minimum Gasteiger partial charge on any atom is -0.507 e. The summed E-state index contributed by atoms with van der Waals surface area (Å²) in [6.45, 7) is 3.47. The molecule has 2 aromatic rings. The van der Waals surface area contributed by atoms with Crippen LogP contribution in [0.4, 0.5) is 0 Å². The number of methoxy groups -OCH3 is 2. The van der Waals surface area contributed by atoms with Gasteiger partial charge in [-0.05, 0) is 12.1 Å². The van der Waals surface area contributed by atoms with Crippen LogP contribution in [0.15, 0.2) is 34.1 Å². The highest BCUT2D eigenvalue weighted by molar-refractivity contribution is 7.99. The average Bonchev–Trinajstić information content (AvgIpc) is 2.68. The largest absolute Gasteiger partial charge is 0.507 e. The average molecular weight is 390 g/mol. The van der Waals surface area contributed by atoms with Gasteiger partial charge in [0.05, 0.1) is 35.1 Å². The zero-order valence-corrected chi connectivity index (χ0v) is 16.5. The number of carbonyl (C=O) groups excluding carboxylic acids is 2. The highest BCUT2D eigenvalue weighted by Crippen LogP contribution is 2.44. The normalized spacial score (nSPS) is 10.5. The van der Waals surface area contributed by atoms with Crippen molar-refractivity contribution in [3.05, 3.63) is 35.4 Å². The van der Waals surface area contributed by atoms with Gasteiger partial charge in [0.2, 0.25) is 0 Å². The summed E-state index contributed by atoms with van der Waals surface area (Å²) in [7, 11) is 2.85. The molecule has 2 rings (SSSR count). The van der Waals surface area contributed by atoms with E-state index < -0.39 is 0 Å². The number of aromatic hydroxyl groups is 2. The molecule has 6 nitrogen and oxygen atoms in total. The van der Waals surface area contributed by atoms with Crippen LogP contribution in [-0.2, 0) is 0 Å². The fourth-order valence-corrected chi connectivity index (χ4v) is 3.45. The molecular weight excluding hydrogens is 368 g/mol. The van der Waals surface area contributed by atoms with E-state index in [4.69, 9.17) is 9.47 Å². The van der Waals surface area contributed by atoms with Crippen LogP contribution >= 0.6 is 11.8 Å². The van der Waals surface area contributed by atoms with E-state index in [-0.39, 0.29) is 47.4 Å². The van der Waals surface area contributed by atoms with Gasteiger partial charge in [-0.3, -0.25) is 9.59 Å². The third-order valence-electron chi connectivity index (χ3n) is 4.03. The number of hydrogen-bond acceptors (Lipinski definition) is 7. The Balaban J connectivity index is 2.53. The predicted molar refractivity (Wildman–Crippen MR) is 103 cm³/mol. The molecule has 0 atom stereocenters. The molecule has 0 unspecified atom stereocenters. The summed E-state index contributed by atoms with van der Waals surface area (Å²) in [5.41, 5.74) is 0.691. The molecular formula is C20H22O6S. The van der Waals surface area contributed by atoms with Gasteiger partial charge in [0.25, 0.3) is 0 Å². The van der Waals surface area contributed by atoms with Gasteiger partial charge < -0.3 is 19.7 Å². The molecule has 0 aliphatic rings. The predicted octanol–water partition coefficient (Wildman–Crippen LogP) is 4.45. The first-order chi connectivity index (χ1) is 12.9. The standard InChI is InChI=1S/C20H22O6S/c1-5-13(21)11-7-19(15(23)9-17(11)25-3)27-20-8-12(14(22)6-2)18(26-4)10-16(20)24/h7-10,23-24H,5-6H2,1-4H3. The molecule has 0 bridgehead atoms. The van der Waals surface area contributed by atoms with E-state index >= 15 is 0 Å². The highest BCUT2D eigenvalue weighted by Gasteiger charge is 2.19. The Morgan fingerprint density at radius 1 is 0.815 bits per heavy atom. The maximum absolute atomic E-state index is 12.2.